The van der Waals surface area contributed by atoms with E-state index in [2.05, 4.69) is 25.6 Å². The normalized spacial score (nSPS) is 20.4. The lowest BCUT2D eigenvalue weighted by molar-refractivity contribution is -0.145. The molecule has 2 rings (SSSR count). The number of aromatic nitrogens is 2. The fraction of sp³-hybridized carbons (Fsp3) is 0.286. The molecule has 1 aromatic heterocycles. The molecule has 16 heavy (non-hydrogen) atoms. The molecule has 1 unspecified atom stereocenters. The molecule has 9 heteroatoms. The average Bonchev–Trinajstić information content (AvgIpc) is 2.64. The monoisotopic (exact) mass is 234 g/mol. The molecule has 0 aliphatic carbocycles. The molecule has 0 aromatic carbocycles. The molecule has 1 aliphatic rings. The van der Waals surface area contributed by atoms with Crippen LogP contribution in [-0.4, -0.2) is 16.1 Å². The minimum Gasteiger partial charge on any atom is -0.351 e. The Kier molecular flexibility index (Phi) is 2.38. The Hall–Kier alpha value is -1.90. The third-order valence-electron chi connectivity index (χ3n) is 1.76. The van der Waals surface area contributed by atoms with Gasteiger partial charge in [0.05, 0.1) is 5.69 Å². The van der Waals surface area contributed by atoms with Gasteiger partial charge in [0.1, 0.15) is 0 Å². The molecule has 1 saturated heterocycles. The predicted octanol–water partition coefficient (Wildman–Crippen LogP) is 0.738. The number of nitrogens with one attached hydrogen (secondary N) is 2. The molecule has 0 saturated carbocycles. The maximum Gasteiger partial charge on any atom is 0.451 e. The number of alkyl halides is 3. The molecule has 1 fully saturated rings. The standard InChI is InChI=1S/C7H5F3N4O2/c8-7(9,10)5-11-2-1-3(12-5)4-13-6(15)16-14-4/h1-2,4,14H,(H,13,15). The second-order valence-electron chi connectivity index (χ2n) is 2.89. The van der Waals surface area contributed by atoms with Gasteiger partial charge in [0.2, 0.25) is 5.82 Å². The van der Waals surface area contributed by atoms with Crippen molar-refractivity contribution in [2.24, 2.45) is 0 Å². The number of hydrogen-bond donors (Lipinski definition) is 2. The van der Waals surface area contributed by atoms with Crippen LogP contribution in [0.5, 0.6) is 0 Å². The van der Waals surface area contributed by atoms with Crippen LogP contribution in [0.3, 0.4) is 0 Å². The van der Waals surface area contributed by atoms with Gasteiger partial charge in [0.25, 0.3) is 0 Å². The number of hydrogen-bond acceptors (Lipinski definition) is 5. The first kappa shape index (κ1) is 10.6. The SMILES string of the molecule is O=C1NC(c2ccnc(C(F)(F)F)n2)NO1. The smallest absolute Gasteiger partial charge is 0.351 e. The Morgan fingerprint density at radius 1 is 1.44 bits per heavy atom. The lowest BCUT2D eigenvalue weighted by atomic mass is 10.3. The van der Waals surface area contributed by atoms with Crippen LogP contribution in [0.15, 0.2) is 12.3 Å². The van der Waals surface area contributed by atoms with Crippen molar-refractivity contribution in [1.82, 2.24) is 20.8 Å². The van der Waals surface area contributed by atoms with Crippen LogP contribution in [0.1, 0.15) is 17.7 Å². The third-order valence-corrected chi connectivity index (χ3v) is 1.76. The zero-order valence-corrected chi connectivity index (χ0v) is 7.58. The van der Waals surface area contributed by atoms with E-state index in [9.17, 15) is 18.0 Å². The van der Waals surface area contributed by atoms with Crippen molar-refractivity contribution < 1.29 is 22.8 Å². The van der Waals surface area contributed by atoms with Gasteiger partial charge in [0, 0.05) is 6.20 Å². The first-order chi connectivity index (χ1) is 7.47. The van der Waals surface area contributed by atoms with Crippen molar-refractivity contribution in [3.05, 3.63) is 23.8 Å². The van der Waals surface area contributed by atoms with Gasteiger partial charge >= 0.3 is 12.3 Å². The molecule has 6 nitrogen and oxygen atoms in total. The molecule has 2 N–H and O–H groups in total. The number of amides is 1. The van der Waals surface area contributed by atoms with E-state index in [0.717, 1.165) is 6.20 Å². The molecule has 86 valence electrons. The molecular formula is C7H5F3N4O2. The van der Waals surface area contributed by atoms with E-state index in [4.69, 9.17) is 0 Å². The highest BCUT2D eigenvalue weighted by Gasteiger charge is 2.36. The Labute approximate surface area is 86.8 Å². The van der Waals surface area contributed by atoms with Crippen molar-refractivity contribution in [2.75, 3.05) is 0 Å². The number of rotatable bonds is 1. The van der Waals surface area contributed by atoms with Crippen LogP contribution in [0.4, 0.5) is 18.0 Å². The summed E-state index contributed by atoms with van der Waals surface area (Å²) in [5, 5.41) is 2.22. The summed E-state index contributed by atoms with van der Waals surface area (Å²) in [7, 11) is 0. The highest BCUT2D eigenvalue weighted by molar-refractivity contribution is 5.68. The molecule has 0 radical (unpaired) electrons. The summed E-state index contributed by atoms with van der Waals surface area (Å²) in [6.07, 6.45) is -5.36. The molecule has 0 bridgehead atoms. The van der Waals surface area contributed by atoms with Crippen LogP contribution in [0.25, 0.3) is 0 Å². The minimum absolute atomic E-state index is 0.0341. The van der Waals surface area contributed by atoms with Gasteiger partial charge < -0.3 is 4.84 Å². The summed E-state index contributed by atoms with van der Waals surface area (Å²) in [5.41, 5.74) is 2.15. The largest absolute Gasteiger partial charge is 0.451 e. The van der Waals surface area contributed by atoms with Crippen molar-refractivity contribution in [3.8, 4) is 0 Å². The maximum absolute atomic E-state index is 12.3. The Bertz CT molecular complexity index is 422. The average molecular weight is 234 g/mol. The minimum atomic E-state index is -4.63. The first-order valence-electron chi connectivity index (χ1n) is 4.10. The number of halogens is 3. The summed E-state index contributed by atoms with van der Waals surface area (Å²) in [4.78, 5) is 21.3. The van der Waals surface area contributed by atoms with Crippen molar-refractivity contribution in [3.63, 3.8) is 0 Å². The Balaban J connectivity index is 2.26. The number of hydroxylamine groups is 1. The van der Waals surface area contributed by atoms with Gasteiger partial charge in [-0.2, -0.15) is 13.2 Å². The summed E-state index contributed by atoms with van der Waals surface area (Å²) in [5.74, 6) is -1.27. The molecular weight excluding hydrogens is 229 g/mol. The van der Waals surface area contributed by atoms with E-state index < -0.39 is 24.3 Å². The Morgan fingerprint density at radius 2 is 2.19 bits per heavy atom. The quantitative estimate of drug-likeness (QED) is 0.749. The lowest BCUT2D eigenvalue weighted by Crippen LogP contribution is -2.25. The van der Waals surface area contributed by atoms with Crippen LogP contribution in [-0.2, 0) is 11.0 Å². The topological polar surface area (TPSA) is 76.1 Å². The zero-order chi connectivity index (χ0) is 11.8. The fourth-order valence-electron chi connectivity index (χ4n) is 1.09. The van der Waals surface area contributed by atoms with Crippen molar-refractivity contribution in [1.29, 1.82) is 0 Å². The van der Waals surface area contributed by atoms with E-state index >= 15 is 0 Å². The van der Waals surface area contributed by atoms with Crippen LogP contribution < -0.4 is 10.8 Å². The van der Waals surface area contributed by atoms with E-state index in [1.165, 1.54) is 6.07 Å². The van der Waals surface area contributed by atoms with Crippen LogP contribution >= 0.6 is 0 Å². The summed E-state index contributed by atoms with van der Waals surface area (Å²) < 4.78 is 36.8. The molecule has 1 atom stereocenters. The second-order valence-corrected chi connectivity index (χ2v) is 2.89. The van der Waals surface area contributed by atoms with E-state index in [0.29, 0.717) is 0 Å². The second kappa shape index (κ2) is 3.59. The zero-order valence-electron chi connectivity index (χ0n) is 7.58. The van der Waals surface area contributed by atoms with Gasteiger partial charge in [-0.1, -0.05) is 0 Å². The van der Waals surface area contributed by atoms with E-state index in [-0.39, 0.29) is 5.69 Å². The van der Waals surface area contributed by atoms with Gasteiger partial charge in [-0.05, 0) is 6.07 Å². The number of nitrogens with zero attached hydrogens (tertiary/aromatic N) is 2. The molecule has 1 amide bonds. The maximum atomic E-state index is 12.3. The molecule has 1 aromatic rings. The van der Waals surface area contributed by atoms with Crippen LogP contribution in [0, 0.1) is 0 Å². The summed E-state index contributed by atoms with van der Waals surface area (Å²) in [6, 6.07) is 1.24. The van der Waals surface area contributed by atoms with Gasteiger partial charge in [-0.25, -0.2) is 14.8 Å². The summed E-state index contributed by atoms with van der Waals surface area (Å²) in [6.45, 7) is 0. The van der Waals surface area contributed by atoms with Crippen molar-refractivity contribution >= 4 is 6.09 Å². The van der Waals surface area contributed by atoms with E-state index in [1.54, 1.807) is 0 Å². The molecule has 1 aliphatic heterocycles. The van der Waals surface area contributed by atoms with Gasteiger partial charge in [0.15, 0.2) is 6.17 Å². The predicted molar refractivity (Wildman–Crippen MR) is 42.5 cm³/mol. The first-order valence-corrected chi connectivity index (χ1v) is 4.10. The number of carbonyl (C=O) groups is 1. The van der Waals surface area contributed by atoms with Gasteiger partial charge in [-0.15, -0.1) is 5.48 Å². The lowest BCUT2D eigenvalue weighted by Gasteiger charge is -2.09. The van der Waals surface area contributed by atoms with E-state index in [1.807, 2.05) is 0 Å². The third kappa shape index (κ3) is 2.03. The molecule has 0 spiro atoms. The Morgan fingerprint density at radius 3 is 2.75 bits per heavy atom. The highest BCUT2D eigenvalue weighted by atomic mass is 19.4. The fourth-order valence-corrected chi connectivity index (χ4v) is 1.09. The highest BCUT2D eigenvalue weighted by Crippen LogP contribution is 2.26. The summed E-state index contributed by atoms with van der Waals surface area (Å²) >= 11 is 0. The molecule has 2 heterocycles. The van der Waals surface area contributed by atoms with Crippen molar-refractivity contribution in [2.45, 2.75) is 12.3 Å². The number of carbonyl (C=O) groups excluding carboxylic acids is 1. The van der Waals surface area contributed by atoms with Gasteiger partial charge in [-0.3, -0.25) is 5.32 Å². The van der Waals surface area contributed by atoms with Crippen LogP contribution in [0.2, 0.25) is 0 Å².